The lowest BCUT2D eigenvalue weighted by molar-refractivity contribution is -0.917. The lowest BCUT2D eigenvalue weighted by atomic mass is 10.2. The number of quaternary nitrogens is 1. The lowest BCUT2D eigenvalue weighted by Gasteiger charge is -2.33. The lowest BCUT2D eigenvalue weighted by Crippen LogP contribution is -3.19. The van der Waals surface area contributed by atoms with E-state index in [4.69, 9.17) is 0 Å². The molecular formula is C21H25FN3O3S+. The average molecular weight is 419 g/mol. The maximum absolute atomic E-state index is 13.7. The molecule has 1 heterocycles. The van der Waals surface area contributed by atoms with E-state index in [0.717, 1.165) is 10.5 Å². The highest BCUT2D eigenvalue weighted by Gasteiger charge is 2.33. The van der Waals surface area contributed by atoms with Crippen molar-refractivity contribution >= 4 is 27.7 Å². The SMILES string of the molecule is C[C@H](C(=O)Nc1ccccc1F)[NH+]1CCN(S(=O)(=O)/C=C/c2ccccc2)CC1. The summed E-state index contributed by atoms with van der Waals surface area (Å²) in [6.45, 7) is 3.43. The van der Waals surface area contributed by atoms with E-state index in [-0.39, 0.29) is 11.6 Å². The molecule has 0 aromatic heterocycles. The maximum Gasteiger partial charge on any atom is 0.282 e. The molecule has 1 atom stereocenters. The molecule has 1 fully saturated rings. The highest BCUT2D eigenvalue weighted by atomic mass is 32.2. The van der Waals surface area contributed by atoms with Gasteiger partial charge in [0.05, 0.1) is 31.9 Å². The number of nitrogens with zero attached hydrogens (tertiary/aromatic N) is 1. The molecule has 1 amide bonds. The topological polar surface area (TPSA) is 70.9 Å². The zero-order chi connectivity index (χ0) is 20.9. The predicted octanol–water partition coefficient (Wildman–Crippen LogP) is 1.35. The minimum atomic E-state index is -3.52. The van der Waals surface area contributed by atoms with Crippen LogP contribution in [0, 0.1) is 5.82 Å². The maximum atomic E-state index is 13.7. The van der Waals surface area contributed by atoms with Crippen LogP contribution in [-0.2, 0) is 14.8 Å². The molecule has 154 valence electrons. The molecule has 0 spiro atoms. The van der Waals surface area contributed by atoms with E-state index >= 15 is 0 Å². The summed E-state index contributed by atoms with van der Waals surface area (Å²) in [5.41, 5.74) is 0.967. The van der Waals surface area contributed by atoms with Gasteiger partial charge in [-0.2, -0.15) is 4.31 Å². The molecular weight excluding hydrogens is 393 g/mol. The first-order valence-corrected chi connectivity index (χ1v) is 11.0. The Hall–Kier alpha value is -2.55. The van der Waals surface area contributed by atoms with Crippen molar-refractivity contribution in [1.82, 2.24) is 4.31 Å². The van der Waals surface area contributed by atoms with Crippen molar-refractivity contribution in [3.8, 4) is 0 Å². The van der Waals surface area contributed by atoms with Gasteiger partial charge in [0.25, 0.3) is 5.91 Å². The molecule has 0 bridgehead atoms. The number of nitrogens with one attached hydrogen (secondary N) is 2. The largest absolute Gasteiger partial charge is 0.323 e. The molecule has 0 unspecified atom stereocenters. The predicted molar refractivity (Wildman–Crippen MR) is 111 cm³/mol. The van der Waals surface area contributed by atoms with Crippen LogP contribution in [0.15, 0.2) is 60.0 Å². The van der Waals surface area contributed by atoms with Gasteiger partial charge >= 0.3 is 0 Å². The fourth-order valence-corrected chi connectivity index (χ4v) is 4.46. The van der Waals surface area contributed by atoms with Crippen LogP contribution in [0.25, 0.3) is 6.08 Å². The van der Waals surface area contributed by atoms with E-state index in [1.807, 2.05) is 30.3 Å². The quantitative estimate of drug-likeness (QED) is 0.744. The summed E-state index contributed by atoms with van der Waals surface area (Å²) >= 11 is 0. The highest BCUT2D eigenvalue weighted by Crippen LogP contribution is 2.12. The second-order valence-electron chi connectivity index (χ2n) is 7.01. The van der Waals surface area contributed by atoms with E-state index in [9.17, 15) is 17.6 Å². The van der Waals surface area contributed by atoms with E-state index in [0.29, 0.717) is 26.2 Å². The van der Waals surface area contributed by atoms with Crippen molar-refractivity contribution in [3.63, 3.8) is 0 Å². The van der Waals surface area contributed by atoms with Crippen LogP contribution in [-0.4, -0.2) is 50.9 Å². The number of sulfonamides is 1. The van der Waals surface area contributed by atoms with Gasteiger partial charge in [0, 0.05) is 5.41 Å². The van der Waals surface area contributed by atoms with Crippen LogP contribution in [0.5, 0.6) is 0 Å². The molecule has 0 saturated carbocycles. The third-order valence-electron chi connectivity index (χ3n) is 5.09. The standard InChI is InChI=1S/C21H24FN3O3S/c1-17(21(26)23-20-10-6-5-9-19(20)22)24-12-14-25(15-13-24)29(27,28)16-11-18-7-3-2-4-8-18/h2-11,16-17H,12-15H2,1H3,(H,23,26)/p+1/b16-11+/t17-/m1/s1. The number of piperazine rings is 1. The molecule has 29 heavy (non-hydrogen) atoms. The molecule has 1 aliphatic rings. The second-order valence-corrected chi connectivity index (χ2v) is 8.82. The van der Waals surface area contributed by atoms with Gasteiger partial charge in [-0.1, -0.05) is 42.5 Å². The number of anilines is 1. The van der Waals surface area contributed by atoms with Crippen molar-refractivity contribution in [2.75, 3.05) is 31.5 Å². The molecule has 1 aliphatic heterocycles. The van der Waals surface area contributed by atoms with Crippen molar-refractivity contribution in [1.29, 1.82) is 0 Å². The molecule has 6 nitrogen and oxygen atoms in total. The summed E-state index contributed by atoms with van der Waals surface area (Å²) in [6.07, 6.45) is 1.58. The first kappa shape index (κ1) is 21.2. The minimum Gasteiger partial charge on any atom is -0.323 e. The molecule has 0 radical (unpaired) electrons. The van der Waals surface area contributed by atoms with E-state index in [1.54, 1.807) is 25.1 Å². The van der Waals surface area contributed by atoms with Crippen LogP contribution in [0.4, 0.5) is 10.1 Å². The first-order valence-electron chi connectivity index (χ1n) is 9.50. The van der Waals surface area contributed by atoms with Crippen molar-refractivity contribution in [2.24, 2.45) is 0 Å². The fraction of sp³-hybridized carbons (Fsp3) is 0.286. The van der Waals surface area contributed by atoms with E-state index in [1.165, 1.54) is 21.8 Å². The van der Waals surface area contributed by atoms with Gasteiger partial charge in [-0.15, -0.1) is 0 Å². The molecule has 0 aliphatic carbocycles. The summed E-state index contributed by atoms with van der Waals surface area (Å²) < 4.78 is 40.3. The van der Waals surface area contributed by atoms with Gasteiger partial charge in [-0.3, -0.25) is 4.79 Å². The van der Waals surface area contributed by atoms with Gasteiger partial charge in [0.2, 0.25) is 10.0 Å². The van der Waals surface area contributed by atoms with Crippen molar-refractivity contribution in [3.05, 3.63) is 71.4 Å². The van der Waals surface area contributed by atoms with Crippen LogP contribution in [0.3, 0.4) is 0 Å². The number of hydrogen-bond acceptors (Lipinski definition) is 3. The summed E-state index contributed by atoms with van der Waals surface area (Å²) in [7, 11) is -3.52. The number of amides is 1. The van der Waals surface area contributed by atoms with Crippen LogP contribution in [0.2, 0.25) is 0 Å². The first-order chi connectivity index (χ1) is 13.9. The average Bonchev–Trinajstić information content (AvgIpc) is 2.74. The number of hydrogen-bond donors (Lipinski definition) is 2. The number of halogens is 1. The third-order valence-corrected chi connectivity index (χ3v) is 6.66. The van der Waals surface area contributed by atoms with E-state index < -0.39 is 21.9 Å². The number of carbonyl (C=O) groups excluding carboxylic acids is 1. The molecule has 1 saturated heterocycles. The minimum absolute atomic E-state index is 0.149. The van der Waals surface area contributed by atoms with Gasteiger partial charge in [0.1, 0.15) is 5.82 Å². The van der Waals surface area contributed by atoms with Crippen LogP contribution >= 0.6 is 0 Å². The molecule has 2 N–H and O–H groups in total. The molecule has 8 heteroatoms. The van der Waals surface area contributed by atoms with Crippen LogP contribution in [0.1, 0.15) is 12.5 Å². The summed E-state index contributed by atoms with van der Waals surface area (Å²) in [5, 5.41) is 3.83. The Morgan fingerprint density at radius 3 is 2.38 bits per heavy atom. The van der Waals surface area contributed by atoms with Gasteiger partial charge in [0.15, 0.2) is 6.04 Å². The molecule has 2 aromatic carbocycles. The van der Waals surface area contributed by atoms with E-state index in [2.05, 4.69) is 5.32 Å². The Morgan fingerprint density at radius 2 is 1.72 bits per heavy atom. The van der Waals surface area contributed by atoms with Gasteiger partial charge < -0.3 is 10.2 Å². The number of rotatable bonds is 6. The summed E-state index contributed by atoms with van der Waals surface area (Å²) in [4.78, 5) is 13.4. The number of para-hydroxylation sites is 1. The Balaban J connectivity index is 1.56. The normalized spacial score (nSPS) is 17.3. The zero-order valence-electron chi connectivity index (χ0n) is 16.2. The number of carbonyl (C=O) groups is 1. The Morgan fingerprint density at radius 1 is 1.10 bits per heavy atom. The fourth-order valence-electron chi connectivity index (χ4n) is 3.26. The Kier molecular flexibility index (Phi) is 6.79. The summed E-state index contributed by atoms with van der Waals surface area (Å²) in [6, 6.07) is 14.8. The van der Waals surface area contributed by atoms with Crippen LogP contribution < -0.4 is 10.2 Å². The highest BCUT2D eigenvalue weighted by molar-refractivity contribution is 7.92. The molecule has 3 rings (SSSR count). The monoisotopic (exact) mass is 418 g/mol. The summed E-state index contributed by atoms with van der Waals surface area (Å²) in [5.74, 6) is -0.769. The number of benzene rings is 2. The van der Waals surface area contributed by atoms with Crippen molar-refractivity contribution < 1.29 is 22.5 Å². The Bertz CT molecular complexity index is 972. The second kappa shape index (κ2) is 9.30. The third kappa shape index (κ3) is 5.50. The van der Waals surface area contributed by atoms with Gasteiger partial charge in [-0.05, 0) is 30.7 Å². The van der Waals surface area contributed by atoms with Gasteiger partial charge in [-0.25, -0.2) is 12.8 Å². The molecule has 2 aromatic rings. The Labute approximate surface area is 170 Å². The van der Waals surface area contributed by atoms with Crippen molar-refractivity contribution in [2.45, 2.75) is 13.0 Å². The smallest absolute Gasteiger partial charge is 0.282 e. The zero-order valence-corrected chi connectivity index (χ0v) is 17.0.